The summed E-state index contributed by atoms with van der Waals surface area (Å²) in [5.41, 5.74) is 5.68. The molecule has 62 valence electrons. The van der Waals surface area contributed by atoms with Gasteiger partial charge in [0.05, 0.1) is 0 Å². The minimum atomic E-state index is 0.0328. The zero-order valence-electron chi connectivity index (χ0n) is 7.05. The van der Waals surface area contributed by atoms with Gasteiger partial charge in [-0.3, -0.25) is 0 Å². The highest BCUT2D eigenvalue weighted by molar-refractivity contribution is 5.04. The molecule has 2 N–H and O–H groups in total. The molecule has 2 saturated carbocycles. The van der Waals surface area contributed by atoms with Gasteiger partial charge in [-0.2, -0.15) is 0 Å². The fraction of sp³-hybridized carbons (Fsp3) is 0.900. The van der Waals surface area contributed by atoms with Crippen LogP contribution in [0, 0.1) is 24.2 Å². The molecule has 0 unspecified atom stereocenters. The maximum atomic E-state index is 6.13. The van der Waals surface area contributed by atoms with Gasteiger partial charge in [-0.05, 0) is 43.6 Å². The molecule has 3 atom stereocenters. The normalized spacial score (nSPS) is 49.6. The van der Waals surface area contributed by atoms with E-state index in [0.29, 0.717) is 6.54 Å². The zero-order chi connectivity index (χ0) is 7.90. The summed E-state index contributed by atoms with van der Waals surface area (Å²) >= 11 is 0. The molecule has 0 aromatic heterocycles. The summed E-state index contributed by atoms with van der Waals surface area (Å²) < 4.78 is 0. The smallest absolute Gasteiger partial charge is 0.00148 e. The number of rotatable bonds is 1. The Labute approximate surface area is 69.4 Å². The van der Waals surface area contributed by atoms with Crippen LogP contribution >= 0.6 is 0 Å². The molecule has 1 nitrogen and oxygen atoms in total. The molecular formula is C10H17N. The lowest BCUT2D eigenvalue weighted by Crippen LogP contribution is -2.51. The maximum absolute atomic E-state index is 6.13. The first kappa shape index (κ1) is 7.60. The van der Waals surface area contributed by atoms with E-state index in [4.69, 9.17) is 12.7 Å². The van der Waals surface area contributed by atoms with Gasteiger partial charge in [0.25, 0.3) is 0 Å². The molecule has 11 heavy (non-hydrogen) atoms. The molecule has 0 saturated heterocycles. The molecule has 0 aromatic carbocycles. The molecule has 0 aliphatic heterocycles. The van der Waals surface area contributed by atoms with Crippen LogP contribution in [0.15, 0.2) is 0 Å². The van der Waals surface area contributed by atoms with Gasteiger partial charge in [0.1, 0.15) is 0 Å². The van der Waals surface area contributed by atoms with Crippen molar-refractivity contribution in [2.24, 2.45) is 23.0 Å². The Balaban J connectivity index is 2.00. The average Bonchev–Trinajstić information content (AvgIpc) is 2.02. The van der Waals surface area contributed by atoms with E-state index in [-0.39, 0.29) is 5.41 Å². The second kappa shape index (κ2) is 2.48. The van der Waals surface area contributed by atoms with E-state index >= 15 is 0 Å². The second-order valence-electron chi connectivity index (χ2n) is 4.29. The highest BCUT2D eigenvalue weighted by atomic mass is 14.7. The van der Waals surface area contributed by atoms with Crippen molar-refractivity contribution >= 4 is 0 Å². The first-order valence-electron chi connectivity index (χ1n) is 4.75. The Morgan fingerprint density at radius 1 is 1.36 bits per heavy atom. The van der Waals surface area contributed by atoms with Gasteiger partial charge >= 0.3 is 0 Å². The van der Waals surface area contributed by atoms with E-state index in [9.17, 15) is 0 Å². The van der Waals surface area contributed by atoms with Crippen LogP contribution in [0.25, 0.3) is 0 Å². The molecule has 0 heterocycles. The van der Waals surface area contributed by atoms with Crippen LogP contribution < -0.4 is 5.73 Å². The largest absolute Gasteiger partial charge is 0.330 e. The molecule has 0 amide bonds. The number of fused-ring (bicyclic) bond motifs is 1. The van der Waals surface area contributed by atoms with Gasteiger partial charge in [0.15, 0.2) is 0 Å². The SMILES string of the molecule is [CH][C@@]1(CN)C[C@H]2CCCC[C@H]21. The standard InChI is InChI=1S/C10H17N/c1-10(7-11)6-8-4-2-3-5-9(8)10/h1,8-9H,2-7,11H2/t8-,9-,10+/m1/s1. The lowest BCUT2D eigenvalue weighted by molar-refractivity contribution is -0.0281. The van der Waals surface area contributed by atoms with Crippen molar-refractivity contribution in [2.45, 2.75) is 32.1 Å². The Morgan fingerprint density at radius 2 is 2.09 bits per heavy atom. The van der Waals surface area contributed by atoms with Crippen LogP contribution in [0.1, 0.15) is 32.1 Å². The lowest BCUT2D eigenvalue weighted by atomic mass is 9.50. The third-order valence-corrected chi connectivity index (χ3v) is 3.67. The summed E-state index contributed by atoms with van der Waals surface area (Å²) in [6.45, 7) is 6.82. The maximum Gasteiger partial charge on any atom is -0.00148 e. The highest BCUT2D eigenvalue weighted by Gasteiger charge is 2.49. The average molecular weight is 151 g/mol. The molecule has 2 radical (unpaired) electrons. The van der Waals surface area contributed by atoms with E-state index in [2.05, 4.69) is 0 Å². The lowest BCUT2D eigenvalue weighted by Gasteiger charge is -2.55. The first-order chi connectivity index (χ1) is 5.26. The minimum absolute atomic E-state index is 0.0328. The summed E-state index contributed by atoms with van der Waals surface area (Å²) in [6, 6.07) is 0. The topological polar surface area (TPSA) is 26.0 Å². The molecule has 0 aromatic rings. The fourth-order valence-electron chi connectivity index (χ4n) is 2.92. The van der Waals surface area contributed by atoms with Crippen molar-refractivity contribution in [3.8, 4) is 0 Å². The van der Waals surface area contributed by atoms with Crippen molar-refractivity contribution < 1.29 is 0 Å². The predicted molar refractivity (Wildman–Crippen MR) is 45.9 cm³/mol. The summed E-state index contributed by atoms with van der Waals surface area (Å²) in [6.07, 6.45) is 6.72. The van der Waals surface area contributed by atoms with E-state index in [1.807, 2.05) is 0 Å². The minimum Gasteiger partial charge on any atom is -0.330 e. The number of hydrogen-bond donors (Lipinski definition) is 1. The Kier molecular flexibility index (Phi) is 1.71. The van der Waals surface area contributed by atoms with E-state index in [0.717, 1.165) is 11.8 Å². The van der Waals surface area contributed by atoms with Crippen molar-refractivity contribution in [2.75, 3.05) is 6.54 Å². The van der Waals surface area contributed by atoms with Crippen LogP contribution in [-0.2, 0) is 0 Å². The van der Waals surface area contributed by atoms with Crippen molar-refractivity contribution in [3.05, 3.63) is 6.92 Å². The summed E-state index contributed by atoms with van der Waals surface area (Å²) in [4.78, 5) is 0. The predicted octanol–water partition coefficient (Wildman–Crippen LogP) is 1.85. The Bertz CT molecular complexity index is 155. The van der Waals surface area contributed by atoms with Gasteiger partial charge in [-0.15, -0.1) is 0 Å². The van der Waals surface area contributed by atoms with Crippen LogP contribution in [-0.4, -0.2) is 6.54 Å². The van der Waals surface area contributed by atoms with Crippen molar-refractivity contribution in [1.82, 2.24) is 0 Å². The molecule has 0 bridgehead atoms. The third kappa shape index (κ3) is 1.01. The van der Waals surface area contributed by atoms with Crippen LogP contribution in [0.3, 0.4) is 0 Å². The van der Waals surface area contributed by atoms with Gasteiger partial charge in [0, 0.05) is 0 Å². The van der Waals surface area contributed by atoms with Crippen molar-refractivity contribution in [1.29, 1.82) is 0 Å². The third-order valence-electron chi connectivity index (χ3n) is 3.67. The van der Waals surface area contributed by atoms with Gasteiger partial charge in [-0.25, -0.2) is 0 Å². The molecule has 2 fully saturated rings. The summed E-state index contributed by atoms with van der Waals surface area (Å²) in [7, 11) is 0. The van der Waals surface area contributed by atoms with E-state index in [1.54, 1.807) is 0 Å². The molecule has 1 heteroatoms. The van der Waals surface area contributed by atoms with Crippen molar-refractivity contribution in [3.63, 3.8) is 0 Å². The monoisotopic (exact) mass is 151 g/mol. The zero-order valence-corrected chi connectivity index (χ0v) is 7.05. The van der Waals surface area contributed by atoms with Gasteiger partial charge in [0.2, 0.25) is 0 Å². The highest BCUT2D eigenvalue weighted by Crippen LogP contribution is 2.56. The quantitative estimate of drug-likeness (QED) is 0.608. The number of hydrogen-bond acceptors (Lipinski definition) is 1. The molecular weight excluding hydrogens is 134 g/mol. The molecule has 2 aliphatic rings. The van der Waals surface area contributed by atoms with E-state index in [1.165, 1.54) is 32.1 Å². The Morgan fingerprint density at radius 3 is 2.73 bits per heavy atom. The second-order valence-corrected chi connectivity index (χ2v) is 4.29. The number of nitrogens with two attached hydrogens (primary N) is 1. The van der Waals surface area contributed by atoms with Crippen LogP contribution in [0.5, 0.6) is 0 Å². The van der Waals surface area contributed by atoms with Crippen LogP contribution in [0.2, 0.25) is 0 Å². The fourth-order valence-corrected chi connectivity index (χ4v) is 2.92. The van der Waals surface area contributed by atoms with Gasteiger partial charge < -0.3 is 5.73 Å². The molecule has 2 aliphatic carbocycles. The van der Waals surface area contributed by atoms with Gasteiger partial charge in [-0.1, -0.05) is 19.3 Å². The Hall–Kier alpha value is -0.0400. The first-order valence-corrected chi connectivity index (χ1v) is 4.75. The molecule has 2 rings (SSSR count). The van der Waals surface area contributed by atoms with E-state index < -0.39 is 0 Å². The summed E-state index contributed by atoms with van der Waals surface area (Å²) in [5.74, 6) is 1.69. The molecule has 0 spiro atoms. The summed E-state index contributed by atoms with van der Waals surface area (Å²) in [5, 5.41) is 0. The van der Waals surface area contributed by atoms with Crippen LogP contribution in [0.4, 0.5) is 0 Å².